The third-order valence-corrected chi connectivity index (χ3v) is 4.24. The fourth-order valence-corrected chi connectivity index (χ4v) is 2.88. The van der Waals surface area contributed by atoms with Crippen molar-refractivity contribution in [1.29, 1.82) is 0 Å². The van der Waals surface area contributed by atoms with Crippen LogP contribution in [-0.4, -0.2) is 35.6 Å². The Morgan fingerprint density at radius 2 is 2.15 bits per heavy atom. The highest BCUT2D eigenvalue weighted by Gasteiger charge is 2.24. The summed E-state index contributed by atoms with van der Waals surface area (Å²) in [6, 6.07) is 11.0. The molecule has 1 aliphatic rings. The largest absolute Gasteiger partial charge is 0.314 e. The average molecular weight is 290 g/mol. The molecule has 0 unspecified atom stereocenters. The predicted octanol–water partition coefficient (Wildman–Crippen LogP) is 3.07. The Hall–Kier alpha value is -1.16. The quantitative estimate of drug-likeness (QED) is 0.858. The van der Waals surface area contributed by atoms with E-state index < -0.39 is 0 Å². The summed E-state index contributed by atoms with van der Waals surface area (Å²) in [5.74, 6) is 0. The van der Waals surface area contributed by atoms with Crippen LogP contribution in [0.5, 0.6) is 0 Å². The van der Waals surface area contributed by atoms with E-state index in [0.717, 1.165) is 49.1 Å². The number of aromatic nitrogens is 1. The molecule has 1 fully saturated rings. The minimum atomic E-state index is 0.636. The van der Waals surface area contributed by atoms with Gasteiger partial charge < -0.3 is 5.32 Å². The lowest BCUT2D eigenvalue weighted by Gasteiger charge is -2.38. The minimum Gasteiger partial charge on any atom is -0.314 e. The number of benzene rings is 1. The maximum Gasteiger partial charge on any atom is 0.134 e. The predicted molar refractivity (Wildman–Crippen MR) is 84.1 cm³/mol. The Morgan fingerprint density at radius 1 is 1.35 bits per heavy atom. The molecule has 2 heterocycles. The van der Waals surface area contributed by atoms with Crippen molar-refractivity contribution in [3.63, 3.8) is 0 Å². The number of nitrogens with zero attached hydrogens (tertiary/aromatic N) is 2. The van der Waals surface area contributed by atoms with Crippen molar-refractivity contribution in [2.24, 2.45) is 0 Å². The number of halogens is 1. The molecular weight excluding hydrogens is 270 g/mol. The minimum absolute atomic E-state index is 0.636. The van der Waals surface area contributed by atoms with Crippen LogP contribution in [-0.2, 0) is 6.54 Å². The molecule has 20 heavy (non-hydrogen) atoms. The molecule has 0 atom stereocenters. The van der Waals surface area contributed by atoms with Crippen molar-refractivity contribution in [2.45, 2.75) is 25.9 Å². The summed E-state index contributed by atoms with van der Waals surface area (Å²) in [4.78, 5) is 7.02. The first-order valence-corrected chi connectivity index (χ1v) is 7.64. The fraction of sp³-hybridized carbons (Fsp3) is 0.438. The van der Waals surface area contributed by atoms with E-state index in [2.05, 4.69) is 34.3 Å². The van der Waals surface area contributed by atoms with Gasteiger partial charge in [-0.05, 0) is 25.1 Å². The summed E-state index contributed by atoms with van der Waals surface area (Å²) >= 11 is 6.36. The molecule has 1 aromatic heterocycles. The second-order valence-electron chi connectivity index (χ2n) is 5.41. The summed E-state index contributed by atoms with van der Waals surface area (Å²) in [5, 5.41) is 5.14. The van der Waals surface area contributed by atoms with Gasteiger partial charge in [0.2, 0.25) is 0 Å². The highest BCUT2D eigenvalue weighted by Crippen LogP contribution is 2.23. The van der Waals surface area contributed by atoms with E-state index in [1.54, 1.807) is 0 Å². The van der Waals surface area contributed by atoms with Gasteiger partial charge in [0.05, 0.1) is 5.52 Å². The molecule has 1 aliphatic heterocycles. The van der Waals surface area contributed by atoms with E-state index in [4.69, 9.17) is 11.6 Å². The Labute approximate surface area is 124 Å². The molecule has 0 aliphatic carbocycles. The van der Waals surface area contributed by atoms with Crippen LogP contribution in [0.2, 0.25) is 5.15 Å². The number of para-hydroxylation sites is 1. The van der Waals surface area contributed by atoms with Gasteiger partial charge in [0, 0.05) is 36.6 Å². The zero-order valence-electron chi connectivity index (χ0n) is 11.8. The fourth-order valence-electron chi connectivity index (χ4n) is 2.68. The summed E-state index contributed by atoms with van der Waals surface area (Å²) in [6.07, 6.45) is 1.16. The maximum absolute atomic E-state index is 6.36. The van der Waals surface area contributed by atoms with E-state index in [1.807, 2.05) is 18.2 Å². The van der Waals surface area contributed by atoms with E-state index in [9.17, 15) is 0 Å². The maximum atomic E-state index is 6.36. The highest BCUT2D eigenvalue weighted by atomic mass is 35.5. The van der Waals surface area contributed by atoms with Crippen LogP contribution >= 0.6 is 11.6 Å². The average Bonchev–Trinajstić information content (AvgIpc) is 2.38. The number of pyridine rings is 1. The molecular formula is C16H20ClN3. The monoisotopic (exact) mass is 289 g/mol. The topological polar surface area (TPSA) is 28.2 Å². The van der Waals surface area contributed by atoms with Crippen molar-refractivity contribution in [1.82, 2.24) is 15.2 Å². The highest BCUT2D eigenvalue weighted by molar-refractivity contribution is 6.30. The van der Waals surface area contributed by atoms with Crippen molar-refractivity contribution in [2.75, 3.05) is 19.6 Å². The molecule has 2 aromatic rings. The first kappa shape index (κ1) is 13.8. The Kier molecular flexibility index (Phi) is 4.20. The van der Waals surface area contributed by atoms with Gasteiger partial charge in [-0.3, -0.25) is 4.90 Å². The van der Waals surface area contributed by atoms with Gasteiger partial charge in [-0.25, -0.2) is 4.98 Å². The SMILES string of the molecule is CCCN(Cc1cc2ccccc2nc1Cl)C1CNC1. The van der Waals surface area contributed by atoms with E-state index >= 15 is 0 Å². The van der Waals surface area contributed by atoms with Crippen LogP contribution in [0.4, 0.5) is 0 Å². The number of nitrogens with one attached hydrogen (secondary N) is 1. The number of rotatable bonds is 5. The van der Waals surface area contributed by atoms with Gasteiger partial charge in [0.15, 0.2) is 0 Å². The lowest BCUT2D eigenvalue weighted by Crippen LogP contribution is -2.57. The molecule has 4 heteroatoms. The van der Waals surface area contributed by atoms with Gasteiger partial charge in [-0.15, -0.1) is 0 Å². The van der Waals surface area contributed by atoms with E-state index in [-0.39, 0.29) is 0 Å². The van der Waals surface area contributed by atoms with Crippen LogP contribution in [0.3, 0.4) is 0 Å². The van der Waals surface area contributed by atoms with Gasteiger partial charge in [-0.2, -0.15) is 0 Å². The Bertz CT molecular complexity index is 595. The molecule has 3 rings (SSSR count). The van der Waals surface area contributed by atoms with Gasteiger partial charge >= 0.3 is 0 Å². The van der Waals surface area contributed by atoms with Crippen LogP contribution in [0.25, 0.3) is 10.9 Å². The zero-order chi connectivity index (χ0) is 13.9. The zero-order valence-corrected chi connectivity index (χ0v) is 12.5. The Morgan fingerprint density at radius 3 is 2.85 bits per heavy atom. The van der Waals surface area contributed by atoms with Crippen molar-refractivity contribution in [3.8, 4) is 0 Å². The standard InChI is InChI=1S/C16H20ClN3/c1-2-7-20(14-9-18-10-14)11-13-8-12-5-3-4-6-15(12)19-16(13)17/h3-6,8,14,18H,2,7,9-11H2,1H3. The first-order chi connectivity index (χ1) is 9.78. The number of hydrogen-bond acceptors (Lipinski definition) is 3. The lowest BCUT2D eigenvalue weighted by atomic mass is 10.1. The van der Waals surface area contributed by atoms with Crippen molar-refractivity contribution in [3.05, 3.63) is 41.0 Å². The molecule has 1 aromatic carbocycles. The van der Waals surface area contributed by atoms with Crippen LogP contribution in [0.15, 0.2) is 30.3 Å². The molecule has 106 valence electrons. The molecule has 3 nitrogen and oxygen atoms in total. The summed E-state index contributed by atoms with van der Waals surface area (Å²) in [7, 11) is 0. The number of hydrogen-bond donors (Lipinski definition) is 1. The number of fused-ring (bicyclic) bond motifs is 1. The Balaban J connectivity index is 1.86. The molecule has 0 amide bonds. The second kappa shape index (κ2) is 6.08. The normalized spacial score (nSPS) is 15.8. The lowest BCUT2D eigenvalue weighted by molar-refractivity contribution is 0.138. The molecule has 0 spiro atoms. The van der Waals surface area contributed by atoms with Gasteiger partial charge in [0.1, 0.15) is 5.15 Å². The van der Waals surface area contributed by atoms with Gasteiger partial charge in [-0.1, -0.05) is 36.7 Å². The van der Waals surface area contributed by atoms with Crippen LogP contribution in [0, 0.1) is 0 Å². The van der Waals surface area contributed by atoms with E-state index in [1.165, 1.54) is 0 Å². The molecule has 0 radical (unpaired) electrons. The molecule has 0 saturated carbocycles. The molecule has 0 bridgehead atoms. The van der Waals surface area contributed by atoms with E-state index in [0.29, 0.717) is 11.2 Å². The van der Waals surface area contributed by atoms with Crippen LogP contribution in [0.1, 0.15) is 18.9 Å². The third kappa shape index (κ3) is 2.80. The van der Waals surface area contributed by atoms with Crippen molar-refractivity contribution >= 4 is 22.5 Å². The third-order valence-electron chi connectivity index (χ3n) is 3.91. The van der Waals surface area contributed by atoms with Crippen LogP contribution < -0.4 is 5.32 Å². The second-order valence-corrected chi connectivity index (χ2v) is 5.77. The summed E-state index contributed by atoms with van der Waals surface area (Å²) in [5.41, 5.74) is 2.10. The first-order valence-electron chi connectivity index (χ1n) is 7.27. The molecule has 1 N–H and O–H groups in total. The van der Waals surface area contributed by atoms with Gasteiger partial charge in [0.25, 0.3) is 0 Å². The summed E-state index contributed by atoms with van der Waals surface area (Å²) < 4.78 is 0. The van der Waals surface area contributed by atoms with Crippen molar-refractivity contribution < 1.29 is 0 Å². The smallest absolute Gasteiger partial charge is 0.134 e. The molecule has 1 saturated heterocycles. The summed E-state index contributed by atoms with van der Waals surface area (Å²) in [6.45, 7) is 6.38.